The minimum absolute atomic E-state index is 0.148. The molecule has 0 aliphatic heterocycles. The summed E-state index contributed by atoms with van der Waals surface area (Å²) in [5.74, 6) is 6.25. The van der Waals surface area contributed by atoms with Crippen molar-refractivity contribution in [3.63, 3.8) is 0 Å². The highest BCUT2D eigenvalue weighted by atomic mass is 32.2. The van der Waals surface area contributed by atoms with Gasteiger partial charge in [-0.2, -0.15) is 5.10 Å². The topological polar surface area (TPSA) is 110 Å². The Morgan fingerprint density at radius 1 is 1.17 bits per heavy atom. The minimum atomic E-state index is -0.148. The molecule has 1 amide bonds. The van der Waals surface area contributed by atoms with Crippen LogP contribution >= 0.6 is 11.8 Å². The minimum Gasteiger partial charge on any atom is -0.334 e. The maximum atomic E-state index is 12.2. The summed E-state index contributed by atoms with van der Waals surface area (Å²) >= 11 is 1.19. The van der Waals surface area contributed by atoms with Crippen LogP contribution in [-0.2, 0) is 4.79 Å². The van der Waals surface area contributed by atoms with Crippen LogP contribution < -0.4 is 16.6 Å². The van der Waals surface area contributed by atoms with Crippen LogP contribution in [-0.4, -0.2) is 32.7 Å². The Kier molecular flexibility index (Phi) is 7.23. The molecular weight excluding hydrogens is 398 g/mol. The molecule has 2 aromatic carbocycles. The number of thioether (sulfide) groups is 1. The van der Waals surface area contributed by atoms with Gasteiger partial charge in [-0.1, -0.05) is 54.2 Å². The summed E-state index contributed by atoms with van der Waals surface area (Å²) in [6, 6.07) is 15.7. The zero-order valence-electron chi connectivity index (χ0n) is 16.7. The quantitative estimate of drug-likeness (QED) is 0.222. The van der Waals surface area contributed by atoms with E-state index in [2.05, 4.69) is 26.0 Å². The Morgan fingerprint density at radius 3 is 2.73 bits per heavy atom. The second-order valence-electron chi connectivity index (χ2n) is 6.47. The molecule has 0 atom stereocenters. The molecule has 0 saturated carbocycles. The van der Waals surface area contributed by atoms with Crippen molar-refractivity contribution in [2.24, 2.45) is 5.10 Å². The van der Waals surface area contributed by atoms with Gasteiger partial charge >= 0.3 is 0 Å². The molecule has 30 heavy (non-hydrogen) atoms. The lowest BCUT2D eigenvalue weighted by Gasteiger charge is -2.07. The van der Waals surface area contributed by atoms with E-state index in [1.54, 1.807) is 12.3 Å². The van der Waals surface area contributed by atoms with Gasteiger partial charge in [0.2, 0.25) is 11.1 Å². The number of carbonyl (C=O) groups excluding carboxylic acids is 1. The van der Waals surface area contributed by atoms with Gasteiger partial charge in [0.05, 0.1) is 5.75 Å². The van der Waals surface area contributed by atoms with Gasteiger partial charge < -0.3 is 11.2 Å². The van der Waals surface area contributed by atoms with Crippen LogP contribution in [0, 0.1) is 13.8 Å². The SMILES string of the molecule is Cc1ccc(NC(=O)CSc2nnc(N/N=C/C=C/c3ccccc3)n2N)cc1C. The molecule has 1 heterocycles. The lowest BCUT2D eigenvalue weighted by Crippen LogP contribution is -2.17. The summed E-state index contributed by atoms with van der Waals surface area (Å²) in [7, 11) is 0. The Morgan fingerprint density at radius 2 is 1.97 bits per heavy atom. The summed E-state index contributed by atoms with van der Waals surface area (Å²) in [5.41, 5.74) is 6.86. The second kappa shape index (κ2) is 10.3. The van der Waals surface area contributed by atoms with Crippen molar-refractivity contribution < 1.29 is 4.79 Å². The molecule has 0 aliphatic carbocycles. The lowest BCUT2D eigenvalue weighted by atomic mass is 10.1. The molecule has 0 fully saturated rings. The first-order chi connectivity index (χ1) is 14.5. The number of benzene rings is 2. The highest BCUT2D eigenvalue weighted by Crippen LogP contribution is 2.18. The number of hydrogen-bond acceptors (Lipinski definition) is 7. The highest BCUT2D eigenvalue weighted by Gasteiger charge is 2.12. The normalized spacial score (nSPS) is 11.3. The van der Waals surface area contributed by atoms with Gasteiger partial charge in [0, 0.05) is 11.9 Å². The zero-order valence-corrected chi connectivity index (χ0v) is 17.6. The Labute approximate surface area is 179 Å². The molecule has 0 aliphatic rings. The summed E-state index contributed by atoms with van der Waals surface area (Å²) in [5, 5.41) is 15.2. The molecule has 9 heteroatoms. The van der Waals surface area contributed by atoms with Crippen LogP contribution in [0.15, 0.2) is 64.9 Å². The third-order valence-corrected chi connectivity index (χ3v) is 5.14. The van der Waals surface area contributed by atoms with Crippen LogP contribution in [0.25, 0.3) is 6.08 Å². The fourth-order valence-electron chi connectivity index (χ4n) is 2.45. The Hall–Kier alpha value is -3.59. The molecule has 0 spiro atoms. The second-order valence-corrected chi connectivity index (χ2v) is 7.41. The lowest BCUT2D eigenvalue weighted by molar-refractivity contribution is -0.113. The van der Waals surface area contributed by atoms with E-state index in [1.807, 2.05) is 68.5 Å². The maximum absolute atomic E-state index is 12.2. The fourth-order valence-corrected chi connectivity index (χ4v) is 3.11. The number of amides is 1. The van der Waals surface area contributed by atoms with Crippen LogP contribution in [0.1, 0.15) is 16.7 Å². The van der Waals surface area contributed by atoms with E-state index in [0.717, 1.165) is 16.8 Å². The number of hydrazone groups is 1. The molecule has 3 aromatic rings. The van der Waals surface area contributed by atoms with E-state index in [4.69, 9.17) is 5.84 Å². The fraction of sp³-hybridized carbons (Fsp3) is 0.143. The smallest absolute Gasteiger partial charge is 0.264 e. The molecule has 0 bridgehead atoms. The van der Waals surface area contributed by atoms with Crippen LogP contribution in [0.3, 0.4) is 0 Å². The van der Waals surface area contributed by atoms with Crippen molar-refractivity contribution in [1.82, 2.24) is 14.9 Å². The van der Waals surface area contributed by atoms with E-state index in [1.165, 1.54) is 22.0 Å². The van der Waals surface area contributed by atoms with E-state index in [-0.39, 0.29) is 17.6 Å². The molecular formula is C21H23N7OS. The molecule has 0 unspecified atom stereocenters. The highest BCUT2D eigenvalue weighted by molar-refractivity contribution is 7.99. The maximum Gasteiger partial charge on any atom is 0.264 e. The number of aromatic nitrogens is 3. The molecule has 1 aromatic heterocycles. The number of anilines is 2. The first-order valence-electron chi connectivity index (χ1n) is 9.24. The molecule has 0 radical (unpaired) electrons. The Balaban J connectivity index is 1.48. The number of nitrogen functional groups attached to an aromatic ring is 1. The summed E-state index contributed by atoms with van der Waals surface area (Å²) in [6.07, 6.45) is 5.31. The third-order valence-electron chi connectivity index (χ3n) is 4.20. The van der Waals surface area contributed by atoms with Crippen molar-refractivity contribution in [3.8, 4) is 0 Å². The number of carbonyl (C=O) groups is 1. The van der Waals surface area contributed by atoms with Gasteiger partial charge in [-0.3, -0.25) is 4.79 Å². The van der Waals surface area contributed by atoms with Crippen molar-refractivity contribution in [2.75, 3.05) is 22.3 Å². The van der Waals surface area contributed by atoms with Gasteiger partial charge in [-0.15, -0.1) is 10.2 Å². The average molecular weight is 422 g/mol. The molecule has 3 rings (SSSR count). The predicted molar refractivity (Wildman–Crippen MR) is 123 cm³/mol. The van der Waals surface area contributed by atoms with Crippen molar-refractivity contribution in [3.05, 3.63) is 71.3 Å². The van der Waals surface area contributed by atoms with Crippen LogP contribution in [0.5, 0.6) is 0 Å². The van der Waals surface area contributed by atoms with Crippen molar-refractivity contribution in [2.45, 2.75) is 19.0 Å². The Bertz CT molecular complexity index is 1060. The van der Waals surface area contributed by atoms with Crippen LogP contribution in [0.4, 0.5) is 11.6 Å². The van der Waals surface area contributed by atoms with Crippen molar-refractivity contribution in [1.29, 1.82) is 0 Å². The zero-order chi connectivity index (χ0) is 21.3. The first-order valence-corrected chi connectivity index (χ1v) is 10.2. The average Bonchev–Trinajstić information content (AvgIpc) is 3.09. The molecule has 4 N–H and O–H groups in total. The van der Waals surface area contributed by atoms with Crippen molar-refractivity contribution >= 4 is 41.6 Å². The summed E-state index contributed by atoms with van der Waals surface area (Å²) in [4.78, 5) is 12.2. The van der Waals surface area contributed by atoms with E-state index < -0.39 is 0 Å². The number of allylic oxidation sites excluding steroid dienone is 1. The summed E-state index contributed by atoms with van der Waals surface area (Å²) in [6.45, 7) is 4.03. The van der Waals surface area contributed by atoms with E-state index in [0.29, 0.717) is 5.16 Å². The van der Waals surface area contributed by atoms with Crippen LogP contribution in [0.2, 0.25) is 0 Å². The third kappa shape index (κ3) is 5.95. The first kappa shape index (κ1) is 21.1. The largest absolute Gasteiger partial charge is 0.334 e. The van der Waals surface area contributed by atoms with Gasteiger partial charge in [0.25, 0.3) is 5.95 Å². The number of nitrogens with zero attached hydrogens (tertiary/aromatic N) is 4. The van der Waals surface area contributed by atoms with E-state index in [9.17, 15) is 4.79 Å². The number of aryl methyl sites for hydroxylation is 2. The summed E-state index contributed by atoms with van der Waals surface area (Å²) < 4.78 is 1.26. The van der Waals surface area contributed by atoms with Gasteiger partial charge in [0.1, 0.15) is 0 Å². The number of nitrogens with one attached hydrogen (secondary N) is 2. The van der Waals surface area contributed by atoms with Gasteiger partial charge in [-0.25, -0.2) is 10.1 Å². The number of rotatable bonds is 8. The molecule has 8 nitrogen and oxygen atoms in total. The number of nitrogens with two attached hydrogens (primary N) is 1. The molecule has 0 saturated heterocycles. The standard InChI is InChI=1S/C21H23N7OS/c1-15-10-11-18(13-16(15)2)24-19(29)14-30-21-27-26-20(28(21)22)25-23-12-6-9-17-7-4-3-5-8-17/h3-13H,14,22H2,1-2H3,(H,24,29)(H,25,26)/b9-6+,23-12+. The van der Waals surface area contributed by atoms with E-state index >= 15 is 0 Å². The number of hydrogen-bond donors (Lipinski definition) is 3. The van der Waals surface area contributed by atoms with Gasteiger partial charge in [0.15, 0.2) is 0 Å². The predicted octanol–water partition coefficient (Wildman–Crippen LogP) is 3.45. The monoisotopic (exact) mass is 421 g/mol. The molecule has 154 valence electrons. The van der Waals surface area contributed by atoms with Gasteiger partial charge in [-0.05, 0) is 48.7 Å².